The highest BCUT2D eigenvalue weighted by molar-refractivity contribution is 5.67. The van der Waals surface area contributed by atoms with E-state index < -0.39 is 0 Å². The van der Waals surface area contributed by atoms with Gasteiger partial charge in [0.25, 0.3) is 0 Å². The Morgan fingerprint density at radius 2 is 2.22 bits per heavy atom. The van der Waals surface area contributed by atoms with Gasteiger partial charge < -0.3 is 15.5 Å². The van der Waals surface area contributed by atoms with E-state index in [1.807, 2.05) is 12.3 Å². The van der Waals surface area contributed by atoms with E-state index in [9.17, 15) is 0 Å². The topological polar surface area (TPSA) is 63.9 Å². The number of aryl methyl sites for hydroxylation is 1. The van der Waals surface area contributed by atoms with Crippen LogP contribution < -0.4 is 10.5 Å². The molecule has 3 N–H and O–H groups in total. The first-order valence-corrected chi connectivity index (χ1v) is 6.19. The van der Waals surface area contributed by atoms with Crippen molar-refractivity contribution in [1.82, 2.24) is 9.97 Å². The van der Waals surface area contributed by atoms with Crippen LogP contribution in [0, 0.1) is 0 Å². The molecule has 0 unspecified atom stereocenters. The molecular weight excluding hydrogens is 226 g/mol. The lowest BCUT2D eigenvalue weighted by atomic mass is 10.1. The van der Waals surface area contributed by atoms with Crippen molar-refractivity contribution in [2.24, 2.45) is 5.73 Å². The van der Waals surface area contributed by atoms with Crippen molar-refractivity contribution in [3.05, 3.63) is 35.8 Å². The second kappa shape index (κ2) is 5.69. The van der Waals surface area contributed by atoms with Gasteiger partial charge in [-0.1, -0.05) is 13.0 Å². The number of aromatic nitrogens is 2. The molecule has 2 aromatic rings. The molecule has 0 saturated heterocycles. The monoisotopic (exact) mass is 245 g/mol. The number of rotatable bonds is 5. The second-order valence-corrected chi connectivity index (χ2v) is 4.17. The van der Waals surface area contributed by atoms with Crippen LogP contribution in [0.25, 0.3) is 11.3 Å². The Kier molecular flexibility index (Phi) is 3.99. The van der Waals surface area contributed by atoms with Gasteiger partial charge >= 0.3 is 0 Å². The van der Waals surface area contributed by atoms with E-state index in [4.69, 9.17) is 10.5 Å². The highest BCUT2D eigenvalue weighted by Crippen LogP contribution is 2.29. The highest BCUT2D eigenvalue weighted by Gasteiger charge is 2.09. The van der Waals surface area contributed by atoms with Crippen molar-refractivity contribution in [1.29, 1.82) is 0 Å². The van der Waals surface area contributed by atoms with Gasteiger partial charge in [-0.05, 0) is 30.7 Å². The minimum Gasteiger partial charge on any atom is -0.496 e. The second-order valence-electron chi connectivity index (χ2n) is 4.17. The zero-order valence-corrected chi connectivity index (χ0v) is 10.9. The van der Waals surface area contributed by atoms with Gasteiger partial charge in [0.2, 0.25) is 0 Å². The summed E-state index contributed by atoms with van der Waals surface area (Å²) in [6.45, 7) is 2.73. The summed E-state index contributed by atoms with van der Waals surface area (Å²) in [5.74, 6) is 1.77. The van der Waals surface area contributed by atoms with Crippen LogP contribution in [-0.4, -0.2) is 23.6 Å². The van der Waals surface area contributed by atoms with E-state index in [0.717, 1.165) is 35.7 Å². The van der Waals surface area contributed by atoms with Gasteiger partial charge in [-0.2, -0.15) is 0 Å². The molecule has 0 bridgehead atoms. The zero-order chi connectivity index (χ0) is 13.0. The van der Waals surface area contributed by atoms with E-state index in [2.05, 4.69) is 29.0 Å². The summed E-state index contributed by atoms with van der Waals surface area (Å²) >= 11 is 0. The van der Waals surface area contributed by atoms with E-state index in [-0.39, 0.29) is 0 Å². The molecule has 0 fully saturated rings. The van der Waals surface area contributed by atoms with E-state index in [1.165, 1.54) is 5.56 Å². The summed E-state index contributed by atoms with van der Waals surface area (Å²) in [6.07, 6.45) is 3.60. The zero-order valence-electron chi connectivity index (χ0n) is 10.9. The number of hydrogen-bond donors (Lipinski definition) is 2. The minimum atomic E-state index is 0.596. The number of ether oxygens (including phenoxy) is 1. The third-order valence-electron chi connectivity index (χ3n) is 2.97. The maximum absolute atomic E-state index is 5.53. The van der Waals surface area contributed by atoms with E-state index in [0.29, 0.717) is 6.54 Å². The van der Waals surface area contributed by atoms with Crippen LogP contribution in [-0.2, 0) is 12.8 Å². The molecular formula is C14H19N3O. The summed E-state index contributed by atoms with van der Waals surface area (Å²) in [5.41, 5.74) is 8.83. The number of nitrogens with two attached hydrogens (primary N) is 1. The molecule has 18 heavy (non-hydrogen) atoms. The summed E-state index contributed by atoms with van der Waals surface area (Å²) in [6, 6.07) is 6.22. The lowest BCUT2D eigenvalue weighted by Crippen LogP contribution is -2.03. The van der Waals surface area contributed by atoms with Gasteiger partial charge in [0.05, 0.1) is 19.0 Å². The van der Waals surface area contributed by atoms with Crippen LogP contribution in [0.15, 0.2) is 24.4 Å². The number of hydrogen-bond acceptors (Lipinski definition) is 3. The summed E-state index contributed by atoms with van der Waals surface area (Å²) < 4.78 is 5.40. The molecule has 0 aliphatic rings. The average molecular weight is 245 g/mol. The quantitative estimate of drug-likeness (QED) is 0.848. The van der Waals surface area contributed by atoms with Gasteiger partial charge in [-0.3, -0.25) is 0 Å². The summed E-state index contributed by atoms with van der Waals surface area (Å²) in [5, 5.41) is 0. The van der Waals surface area contributed by atoms with Gasteiger partial charge in [0, 0.05) is 12.0 Å². The van der Waals surface area contributed by atoms with E-state index in [1.54, 1.807) is 7.11 Å². The minimum absolute atomic E-state index is 0.596. The molecule has 0 amide bonds. The smallest absolute Gasteiger partial charge is 0.128 e. The fourth-order valence-electron chi connectivity index (χ4n) is 1.95. The lowest BCUT2D eigenvalue weighted by Gasteiger charge is -2.08. The van der Waals surface area contributed by atoms with Gasteiger partial charge in [-0.25, -0.2) is 4.98 Å². The summed E-state index contributed by atoms with van der Waals surface area (Å²) in [7, 11) is 1.68. The Morgan fingerprint density at radius 3 is 2.89 bits per heavy atom. The molecule has 0 radical (unpaired) electrons. The molecule has 1 aromatic heterocycles. The molecule has 0 saturated carbocycles. The molecule has 2 rings (SSSR count). The van der Waals surface area contributed by atoms with Crippen molar-refractivity contribution in [2.75, 3.05) is 13.7 Å². The van der Waals surface area contributed by atoms with Gasteiger partial charge in [-0.15, -0.1) is 0 Å². The molecule has 0 aliphatic heterocycles. The first-order chi connectivity index (χ1) is 8.78. The predicted octanol–water partition coefficient (Wildman–Crippen LogP) is 2.15. The van der Waals surface area contributed by atoms with Crippen molar-refractivity contribution in [3.8, 4) is 17.0 Å². The van der Waals surface area contributed by atoms with Crippen LogP contribution in [0.2, 0.25) is 0 Å². The molecule has 1 heterocycles. The first kappa shape index (κ1) is 12.6. The molecule has 4 nitrogen and oxygen atoms in total. The first-order valence-electron chi connectivity index (χ1n) is 6.19. The van der Waals surface area contributed by atoms with E-state index >= 15 is 0 Å². The van der Waals surface area contributed by atoms with Crippen LogP contribution >= 0.6 is 0 Å². The molecule has 0 aliphatic carbocycles. The fraction of sp³-hybridized carbons (Fsp3) is 0.357. The number of nitrogens with zero attached hydrogens (tertiary/aromatic N) is 1. The van der Waals surface area contributed by atoms with Gasteiger partial charge in [0.1, 0.15) is 11.6 Å². The molecule has 4 heteroatoms. The number of benzene rings is 1. The SMILES string of the molecule is CCc1ccc(OC)c(-c2cnc(CCN)[nH]2)c1. The number of aromatic amines is 1. The molecule has 0 atom stereocenters. The number of methoxy groups -OCH3 is 1. The third-order valence-corrected chi connectivity index (χ3v) is 2.97. The van der Waals surface area contributed by atoms with Crippen molar-refractivity contribution in [3.63, 3.8) is 0 Å². The predicted molar refractivity (Wildman–Crippen MR) is 72.7 cm³/mol. The number of H-pyrrole nitrogens is 1. The Morgan fingerprint density at radius 1 is 1.39 bits per heavy atom. The molecule has 1 aromatic carbocycles. The van der Waals surface area contributed by atoms with Crippen LogP contribution in [0.5, 0.6) is 5.75 Å². The Bertz CT molecular complexity index is 520. The average Bonchev–Trinajstić information content (AvgIpc) is 2.87. The van der Waals surface area contributed by atoms with Crippen LogP contribution in [0.3, 0.4) is 0 Å². The maximum Gasteiger partial charge on any atom is 0.128 e. The van der Waals surface area contributed by atoms with Gasteiger partial charge in [0.15, 0.2) is 0 Å². The number of imidazole rings is 1. The Hall–Kier alpha value is -1.81. The number of nitrogens with one attached hydrogen (secondary N) is 1. The molecule has 96 valence electrons. The Balaban J connectivity index is 2.40. The van der Waals surface area contributed by atoms with Crippen molar-refractivity contribution < 1.29 is 4.74 Å². The van der Waals surface area contributed by atoms with Crippen LogP contribution in [0.1, 0.15) is 18.3 Å². The Labute approximate surface area is 107 Å². The van der Waals surface area contributed by atoms with Crippen molar-refractivity contribution in [2.45, 2.75) is 19.8 Å². The largest absolute Gasteiger partial charge is 0.496 e. The summed E-state index contributed by atoms with van der Waals surface area (Å²) in [4.78, 5) is 7.61. The highest BCUT2D eigenvalue weighted by atomic mass is 16.5. The van der Waals surface area contributed by atoms with Crippen molar-refractivity contribution >= 4 is 0 Å². The molecule has 0 spiro atoms. The normalized spacial score (nSPS) is 10.6. The third kappa shape index (κ3) is 2.54. The fourth-order valence-corrected chi connectivity index (χ4v) is 1.95. The van der Waals surface area contributed by atoms with Crippen LogP contribution in [0.4, 0.5) is 0 Å². The maximum atomic E-state index is 5.53. The standard InChI is InChI=1S/C14H19N3O/c1-3-10-4-5-13(18-2)11(8-10)12-9-16-14(17-12)6-7-15/h4-5,8-9H,3,6-7,15H2,1-2H3,(H,16,17). The lowest BCUT2D eigenvalue weighted by molar-refractivity contribution is 0.416.